The number of benzene rings is 2. The van der Waals surface area contributed by atoms with Crippen LogP contribution in [-0.2, 0) is 4.74 Å². The van der Waals surface area contributed by atoms with E-state index in [1.165, 1.54) is 7.11 Å². The highest BCUT2D eigenvalue weighted by Crippen LogP contribution is 2.27. The first-order chi connectivity index (χ1) is 11.9. The number of amides is 1. The van der Waals surface area contributed by atoms with Gasteiger partial charge in [0.15, 0.2) is 0 Å². The van der Waals surface area contributed by atoms with E-state index in [2.05, 4.69) is 35.1 Å². The summed E-state index contributed by atoms with van der Waals surface area (Å²) in [5.74, 6) is 0.256. The molecule has 0 heterocycles. The van der Waals surface area contributed by atoms with Crippen LogP contribution in [0.2, 0.25) is 0 Å². The van der Waals surface area contributed by atoms with Crippen molar-refractivity contribution in [3.8, 4) is 5.75 Å². The molecule has 2 rings (SSSR count). The predicted molar refractivity (Wildman–Crippen MR) is 100 cm³/mol. The van der Waals surface area contributed by atoms with Crippen molar-refractivity contribution in [1.82, 2.24) is 0 Å². The molecule has 0 fully saturated rings. The smallest absolute Gasteiger partial charge is 0.339 e. The van der Waals surface area contributed by atoms with Gasteiger partial charge in [0.25, 0.3) is 5.91 Å². The van der Waals surface area contributed by atoms with Gasteiger partial charge in [0, 0.05) is 5.56 Å². The molecule has 0 aliphatic heterocycles. The normalized spacial score (nSPS) is 10.4. The van der Waals surface area contributed by atoms with E-state index in [4.69, 9.17) is 9.47 Å². The van der Waals surface area contributed by atoms with Crippen LogP contribution in [-0.4, -0.2) is 25.6 Å². The van der Waals surface area contributed by atoms with Crippen molar-refractivity contribution in [3.05, 3.63) is 58.1 Å². The molecule has 0 bridgehead atoms. The van der Waals surface area contributed by atoms with Crippen LogP contribution in [0.15, 0.2) is 46.9 Å². The van der Waals surface area contributed by atoms with E-state index < -0.39 is 5.97 Å². The fraction of sp³-hybridized carbons (Fsp3) is 0.263. The number of hydrogen-bond donors (Lipinski definition) is 1. The summed E-state index contributed by atoms with van der Waals surface area (Å²) in [7, 11) is 1.30. The molecule has 132 valence electrons. The van der Waals surface area contributed by atoms with Gasteiger partial charge in [0.2, 0.25) is 0 Å². The summed E-state index contributed by atoms with van der Waals surface area (Å²) in [6, 6.07) is 11.8. The Morgan fingerprint density at radius 1 is 1.16 bits per heavy atom. The lowest BCUT2D eigenvalue weighted by atomic mass is 10.1. The zero-order valence-electron chi connectivity index (χ0n) is 14.3. The van der Waals surface area contributed by atoms with Crippen LogP contribution in [0.4, 0.5) is 5.69 Å². The van der Waals surface area contributed by atoms with E-state index in [0.717, 1.165) is 0 Å². The number of anilines is 1. The lowest BCUT2D eigenvalue weighted by Gasteiger charge is -2.12. The Balaban J connectivity index is 2.17. The maximum Gasteiger partial charge on any atom is 0.339 e. The van der Waals surface area contributed by atoms with Gasteiger partial charge in [-0.1, -0.05) is 26.0 Å². The Labute approximate surface area is 155 Å². The Kier molecular flexibility index (Phi) is 6.58. The number of methoxy groups -OCH3 is 1. The molecule has 0 saturated heterocycles. The lowest BCUT2D eigenvalue weighted by molar-refractivity contribution is 0.0602. The monoisotopic (exact) mass is 405 g/mol. The number of carbonyl (C=O) groups excluding carboxylic acids is 2. The number of carbonyl (C=O) groups is 2. The summed E-state index contributed by atoms with van der Waals surface area (Å²) in [5.41, 5.74) is 1.15. The molecule has 0 unspecified atom stereocenters. The number of esters is 1. The van der Waals surface area contributed by atoms with E-state index in [1.54, 1.807) is 42.5 Å². The number of ether oxygens (including phenoxy) is 2. The molecule has 0 aliphatic rings. The predicted octanol–water partition coefficient (Wildman–Crippen LogP) is 4.52. The van der Waals surface area contributed by atoms with E-state index in [-0.39, 0.29) is 5.91 Å². The van der Waals surface area contributed by atoms with E-state index in [0.29, 0.717) is 39.6 Å². The molecule has 1 amide bonds. The van der Waals surface area contributed by atoms with Gasteiger partial charge in [0.05, 0.1) is 29.4 Å². The maximum absolute atomic E-state index is 12.5. The molecule has 0 saturated carbocycles. The molecule has 0 spiro atoms. The van der Waals surface area contributed by atoms with Crippen LogP contribution in [0, 0.1) is 5.92 Å². The van der Waals surface area contributed by atoms with Gasteiger partial charge >= 0.3 is 5.97 Å². The Hall–Kier alpha value is -2.34. The third-order valence-corrected chi connectivity index (χ3v) is 3.97. The zero-order chi connectivity index (χ0) is 18.4. The van der Waals surface area contributed by atoms with Gasteiger partial charge in [0.1, 0.15) is 5.75 Å². The van der Waals surface area contributed by atoms with Crippen molar-refractivity contribution in [2.45, 2.75) is 13.8 Å². The van der Waals surface area contributed by atoms with Crippen LogP contribution in [0.25, 0.3) is 0 Å². The minimum Gasteiger partial charge on any atom is -0.492 e. The van der Waals surface area contributed by atoms with E-state index in [9.17, 15) is 9.59 Å². The molecule has 0 atom stereocenters. The van der Waals surface area contributed by atoms with Crippen molar-refractivity contribution in [2.75, 3.05) is 19.0 Å². The highest BCUT2D eigenvalue weighted by Gasteiger charge is 2.15. The first kappa shape index (κ1) is 19.0. The molecule has 5 nitrogen and oxygen atoms in total. The summed E-state index contributed by atoms with van der Waals surface area (Å²) in [6.07, 6.45) is 0. The van der Waals surface area contributed by atoms with Crippen LogP contribution in [0.1, 0.15) is 34.6 Å². The molecule has 6 heteroatoms. The number of para-hydroxylation sites is 1. The van der Waals surface area contributed by atoms with E-state index in [1.807, 2.05) is 0 Å². The van der Waals surface area contributed by atoms with Gasteiger partial charge in [-0.2, -0.15) is 0 Å². The van der Waals surface area contributed by atoms with Crippen molar-refractivity contribution in [2.24, 2.45) is 5.92 Å². The number of hydrogen-bond acceptors (Lipinski definition) is 4. The Morgan fingerprint density at radius 3 is 2.52 bits per heavy atom. The first-order valence-corrected chi connectivity index (χ1v) is 8.62. The van der Waals surface area contributed by atoms with Gasteiger partial charge in [-0.25, -0.2) is 4.79 Å². The molecule has 2 aromatic carbocycles. The minimum absolute atomic E-state index is 0.300. The molecule has 0 aromatic heterocycles. The summed E-state index contributed by atoms with van der Waals surface area (Å²) in [5, 5.41) is 2.74. The van der Waals surface area contributed by atoms with Crippen LogP contribution < -0.4 is 10.1 Å². The summed E-state index contributed by atoms with van der Waals surface area (Å²) in [6.45, 7) is 4.72. The molecular formula is C19H20BrNO4. The quantitative estimate of drug-likeness (QED) is 0.717. The van der Waals surface area contributed by atoms with Gasteiger partial charge < -0.3 is 14.8 Å². The Bertz CT molecular complexity index is 774. The topological polar surface area (TPSA) is 64.6 Å². The fourth-order valence-electron chi connectivity index (χ4n) is 2.09. The average Bonchev–Trinajstić information content (AvgIpc) is 2.60. The lowest BCUT2D eigenvalue weighted by Crippen LogP contribution is -2.15. The maximum atomic E-state index is 12.5. The van der Waals surface area contributed by atoms with Crippen molar-refractivity contribution >= 4 is 33.5 Å². The summed E-state index contributed by atoms with van der Waals surface area (Å²) in [4.78, 5) is 24.3. The largest absolute Gasteiger partial charge is 0.492 e. The molecule has 2 aromatic rings. The second-order valence-electron chi connectivity index (χ2n) is 5.84. The molecule has 0 radical (unpaired) electrons. The molecular weight excluding hydrogens is 386 g/mol. The number of nitrogens with one attached hydrogen (secondary N) is 1. The Morgan fingerprint density at radius 2 is 1.88 bits per heavy atom. The number of rotatable bonds is 6. The highest BCUT2D eigenvalue weighted by atomic mass is 79.9. The SMILES string of the molecule is COC(=O)c1ccccc1NC(=O)c1ccc(OCC(C)C)c(Br)c1. The standard InChI is InChI=1S/C19H20BrNO4/c1-12(2)11-25-17-9-8-13(10-15(17)20)18(22)21-16-7-5-4-6-14(16)19(23)24-3/h4-10,12H,11H2,1-3H3,(H,21,22). The summed E-state index contributed by atoms with van der Waals surface area (Å²) >= 11 is 3.42. The third kappa shape index (κ3) is 5.06. The average molecular weight is 406 g/mol. The molecule has 25 heavy (non-hydrogen) atoms. The second-order valence-corrected chi connectivity index (χ2v) is 6.70. The minimum atomic E-state index is -0.505. The van der Waals surface area contributed by atoms with E-state index >= 15 is 0 Å². The van der Waals surface area contributed by atoms with Crippen molar-refractivity contribution < 1.29 is 19.1 Å². The number of halogens is 1. The zero-order valence-corrected chi connectivity index (χ0v) is 15.9. The highest BCUT2D eigenvalue weighted by molar-refractivity contribution is 9.10. The van der Waals surface area contributed by atoms with Gasteiger partial charge in [-0.15, -0.1) is 0 Å². The van der Waals surface area contributed by atoms with Crippen molar-refractivity contribution in [1.29, 1.82) is 0 Å². The first-order valence-electron chi connectivity index (χ1n) is 7.83. The van der Waals surface area contributed by atoms with Gasteiger partial charge in [-0.05, 0) is 52.2 Å². The van der Waals surface area contributed by atoms with Crippen LogP contribution in [0.5, 0.6) is 5.75 Å². The van der Waals surface area contributed by atoms with Crippen molar-refractivity contribution in [3.63, 3.8) is 0 Å². The third-order valence-electron chi connectivity index (χ3n) is 3.35. The van der Waals surface area contributed by atoms with Crippen LogP contribution in [0.3, 0.4) is 0 Å². The van der Waals surface area contributed by atoms with Gasteiger partial charge in [-0.3, -0.25) is 4.79 Å². The fourth-order valence-corrected chi connectivity index (χ4v) is 2.58. The molecule has 1 N–H and O–H groups in total. The molecule has 0 aliphatic carbocycles. The second kappa shape index (κ2) is 8.67. The van der Waals surface area contributed by atoms with Crippen LogP contribution >= 0.6 is 15.9 Å². The summed E-state index contributed by atoms with van der Waals surface area (Å²) < 4.78 is 11.1.